The van der Waals surface area contributed by atoms with E-state index in [1.54, 1.807) is 0 Å². The van der Waals surface area contributed by atoms with Crippen LogP contribution in [0.5, 0.6) is 0 Å². The van der Waals surface area contributed by atoms with E-state index in [2.05, 4.69) is 6.92 Å². The van der Waals surface area contributed by atoms with Crippen molar-refractivity contribution in [3.8, 4) is 0 Å². The first kappa shape index (κ1) is 37.4. The summed E-state index contributed by atoms with van der Waals surface area (Å²) in [6.07, 6.45) is -3.60. The maximum absolute atomic E-state index is 12.7. The van der Waals surface area contributed by atoms with Gasteiger partial charge < -0.3 is 10.8 Å². The van der Waals surface area contributed by atoms with Crippen LogP contribution in [0, 0.1) is 34.5 Å². The number of hydrogen-bond donors (Lipinski definition) is 2. The Balaban J connectivity index is 0.000000419. The highest BCUT2D eigenvalue weighted by Gasteiger charge is 2.60. The molecule has 1 amide bonds. The average Bonchev–Trinajstić information content (AvgIpc) is 3.29. The number of Topliss-reactive ketones (excluding diaryl/α,β-unsaturated/α-hetero) is 1. The highest BCUT2D eigenvalue weighted by molar-refractivity contribution is 5.86. The van der Waals surface area contributed by atoms with E-state index in [4.69, 9.17) is 10.8 Å². The lowest BCUT2D eigenvalue weighted by Crippen LogP contribution is -2.53. The second kappa shape index (κ2) is 14.7. The lowest BCUT2D eigenvalue weighted by atomic mass is 9.48. The number of carboxylic acids is 1. The van der Waals surface area contributed by atoms with Crippen molar-refractivity contribution in [1.29, 1.82) is 0 Å². The number of hydrogen-bond acceptors (Lipinski definition) is 3. The zero-order chi connectivity index (χ0) is 32.7. The number of carbonyl (C=O) groups excluding carboxylic acids is 2. The Morgan fingerprint density at radius 3 is 1.74 bits per heavy atom. The Kier molecular flexibility index (Phi) is 13.1. The number of ketones is 1. The number of carbonyl (C=O) groups is 3. The number of benzene rings is 1. The summed E-state index contributed by atoms with van der Waals surface area (Å²) in [4.78, 5) is 35.6. The van der Waals surface area contributed by atoms with Gasteiger partial charge in [0, 0.05) is 24.2 Å². The molecule has 3 N–H and O–H groups in total. The van der Waals surface area contributed by atoms with Gasteiger partial charge in [-0.1, -0.05) is 41.5 Å². The minimum atomic E-state index is -4.61. The van der Waals surface area contributed by atoms with Gasteiger partial charge in [-0.2, -0.15) is 26.3 Å². The van der Waals surface area contributed by atoms with Crippen molar-refractivity contribution in [1.82, 2.24) is 0 Å². The molecule has 5 nitrogen and oxygen atoms in total. The third-order valence-corrected chi connectivity index (χ3v) is 9.34. The number of nitrogens with two attached hydrogens (primary N) is 1. The van der Waals surface area contributed by atoms with E-state index in [0.717, 1.165) is 32.1 Å². The standard InChI is InChI=1S/C19H29NO4.C8H4F6.2C2H6/c1-18-9-7-13-11(12(18)4-5-14(18)17(20)24)3-6-15(21)19(13,2)10-8-16(22)23;9-7(10,11)5-1-2-6(4-3-5)8(12,13)14;2*1-2/h11-14H,3-10H2,1-2H3,(H2,20,24)(H,22,23);1-4H;2*1-2H3. The third-order valence-electron chi connectivity index (χ3n) is 9.34. The molecule has 0 aliphatic heterocycles. The fourth-order valence-corrected chi connectivity index (χ4v) is 7.28. The maximum Gasteiger partial charge on any atom is 0.416 e. The Morgan fingerprint density at radius 1 is 0.857 bits per heavy atom. The lowest BCUT2D eigenvalue weighted by molar-refractivity contribution is -0.150. The molecule has 0 bridgehead atoms. The molecule has 0 saturated heterocycles. The van der Waals surface area contributed by atoms with Crippen LogP contribution >= 0.6 is 0 Å². The van der Waals surface area contributed by atoms with Crippen molar-refractivity contribution < 1.29 is 45.8 Å². The van der Waals surface area contributed by atoms with E-state index >= 15 is 0 Å². The fraction of sp³-hybridized carbons (Fsp3) is 0.710. The van der Waals surface area contributed by atoms with E-state index in [1.165, 1.54) is 0 Å². The zero-order valence-electron chi connectivity index (χ0n) is 25.3. The molecule has 3 aliphatic carbocycles. The van der Waals surface area contributed by atoms with Gasteiger partial charge in [-0.15, -0.1) is 0 Å². The summed E-state index contributed by atoms with van der Waals surface area (Å²) in [5.74, 6) is 0.281. The van der Waals surface area contributed by atoms with E-state index < -0.39 is 34.9 Å². The molecule has 6 atom stereocenters. The smallest absolute Gasteiger partial charge is 0.416 e. The van der Waals surface area contributed by atoms with Gasteiger partial charge >= 0.3 is 18.3 Å². The van der Waals surface area contributed by atoms with Crippen molar-refractivity contribution in [3.05, 3.63) is 35.4 Å². The Hall–Kier alpha value is -2.59. The van der Waals surface area contributed by atoms with Crippen molar-refractivity contribution in [2.45, 2.75) is 105 Å². The van der Waals surface area contributed by atoms with Gasteiger partial charge in [0.25, 0.3) is 0 Å². The van der Waals surface area contributed by atoms with Crippen molar-refractivity contribution in [3.63, 3.8) is 0 Å². The van der Waals surface area contributed by atoms with E-state index in [1.807, 2.05) is 34.6 Å². The molecule has 11 heteroatoms. The molecule has 1 aromatic rings. The zero-order valence-corrected chi connectivity index (χ0v) is 25.3. The van der Waals surface area contributed by atoms with Gasteiger partial charge in [0.1, 0.15) is 5.78 Å². The number of amides is 1. The first-order valence-corrected chi connectivity index (χ1v) is 14.7. The van der Waals surface area contributed by atoms with Crippen LogP contribution in [0.3, 0.4) is 0 Å². The topological polar surface area (TPSA) is 97.5 Å². The summed E-state index contributed by atoms with van der Waals surface area (Å²) in [7, 11) is 0. The highest BCUT2D eigenvalue weighted by atomic mass is 19.4. The van der Waals surface area contributed by atoms with Crippen LogP contribution in [0.25, 0.3) is 0 Å². The largest absolute Gasteiger partial charge is 0.481 e. The van der Waals surface area contributed by atoms with Gasteiger partial charge in [0.15, 0.2) is 0 Å². The Bertz CT molecular complexity index is 1020. The van der Waals surface area contributed by atoms with Crippen LogP contribution in [0.4, 0.5) is 26.3 Å². The molecule has 3 saturated carbocycles. The molecule has 4 rings (SSSR count). The number of rotatable bonds is 4. The molecule has 240 valence electrons. The number of aliphatic carboxylic acids is 1. The normalized spacial score (nSPS) is 30.1. The van der Waals surface area contributed by atoms with Gasteiger partial charge in [0.05, 0.1) is 11.1 Å². The number of alkyl halides is 6. The fourth-order valence-electron chi connectivity index (χ4n) is 7.28. The maximum atomic E-state index is 12.7. The minimum absolute atomic E-state index is 0.0406. The molecule has 0 heterocycles. The predicted octanol–water partition coefficient (Wildman–Crippen LogP) is 8.54. The van der Waals surface area contributed by atoms with Gasteiger partial charge in [-0.3, -0.25) is 14.4 Å². The van der Waals surface area contributed by atoms with E-state index in [0.29, 0.717) is 48.9 Å². The number of carboxylic acid groups (broad SMARTS) is 1. The molecular formula is C31H45F6NO4. The molecule has 6 unspecified atom stereocenters. The van der Waals surface area contributed by atoms with Crippen LogP contribution in [0.1, 0.15) is 104 Å². The summed E-state index contributed by atoms with van der Waals surface area (Å²) in [6, 6.07) is 1.62. The molecule has 0 aromatic heterocycles. The van der Waals surface area contributed by atoms with Crippen LogP contribution in [-0.4, -0.2) is 22.8 Å². The number of primary amides is 1. The van der Waals surface area contributed by atoms with E-state index in [9.17, 15) is 40.7 Å². The molecule has 3 aliphatic rings. The quantitative estimate of drug-likeness (QED) is 0.334. The van der Waals surface area contributed by atoms with Crippen molar-refractivity contribution >= 4 is 17.7 Å². The molecule has 1 aromatic carbocycles. The Labute approximate surface area is 244 Å². The second-order valence-corrected chi connectivity index (χ2v) is 11.3. The first-order valence-electron chi connectivity index (χ1n) is 14.7. The monoisotopic (exact) mass is 609 g/mol. The number of fused-ring (bicyclic) bond motifs is 3. The van der Waals surface area contributed by atoms with Crippen LogP contribution in [0.15, 0.2) is 24.3 Å². The number of halogens is 6. The van der Waals surface area contributed by atoms with Crippen LogP contribution < -0.4 is 5.73 Å². The SMILES string of the molecule is CC.CC.CC1(CCC(=O)O)C(=O)CCC2C1CCC1(C)C(C(N)=O)CCC21.FC(F)(F)c1ccc(C(F)(F)F)cc1. The molecule has 0 radical (unpaired) electrons. The second-order valence-electron chi connectivity index (χ2n) is 11.3. The van der Waals surface area contributed by atoms with Crippen LogP contribution in [-0.2, 0) is 26.7 Å². The molecular weight excluding hydrogens is 564 g/mol. The summed E-state index contributed by atoms with van der Waals surface area (Å²) in [6.45, 7) is 12.2. The van der Waals surface area contributed by atoms with Crippen molar-refractivity contribution in [2.24, 2.45) is 40.2 Å². The molecule has 0 spiro atoms. The highest BCUT2D eigenvalue weighted by Crippen LogP contribution is 2.64. The molecule has 3 fully saturated rings. The summed E-state index contributed by atoms with van der Waals surface area (Å²) >= 11 is 0. The average molecular weight is 610 g/mol. The third kappa shape index (κ3) is 8.28. The summed E-state index contributed by atoms with van der Waals surface area (Å²) in [5.41, 5.74) is 2.91. The summed E-state index contributed by atoms with van der Waals surface area (Å²) < 4.78 is 71.6. The summed E-state index contributed by atoms with van der Waals surface area (Å²) in [5, 5.41) is 9.07. The van der Waals surface area contributed by atoms with Gasteiger partial charge in [0.2, 0.25) is 5.91 Å². The lowest BCUT2D eigenvalue weighted by Gasteiger charge is -2.55. The van der Waals surface area contributed by atoms with Gasteiger partial charge in [-0.25, -0.2) is 0 Å². The first-order chi connectivity index (χ1) is 19.4. The van der Waals surface area contributed by atoms with Gasteiger partial charge in [-0.05, 0) is 86.0 Å². The minimum Gasteiger partial charge on any atom is -0.481 e. The Morgan fingerprint density at radius 2 is 1.33 bits per heavy atom. The molecule has 42 heavy (non-hydrogen) atoms. The predicted molar refractivity (Wildman–Crippen MR) is 148 cm³/mol. The van der Waals surface area contributed by atoms with E-state index in [-0.39, 0.29) is 35.4 Å². The van der Waals surface area contributed by atoms with Crippen LogP contribution in [0.2, 0.25) is 0 Å². The van der Waals surface area contributed by atoms with Crippen molar-refractivity contribution in [2.75, 3.05) is 0 Å².